The first kappa shape index (κ1) is 36.4. The molecule has 0 N–H and O–H groups in total. The predicted molar refractivity (Wildman–Crippen MR) is 277 cm³/mol. The fraction of sp³-hybridized carbons (Fsp3) is 0.0333. The molecule has 14 rings (SSSR count). The Labute approximate surface area is 377 Å². The molecule has 0 saturated carbocycles. The topological polar surface area (TPSA) is 42.8 Å². The highest BCUT2D eigenvalue weighted by Crippen LogP contribution is 2.43. The fourth-order valence-electron chi connectivity index (χ4n) is 10.4. The summed E-state index contributed by atoms with van der Waals surface area (Å²) in [5.74, 6) is 0.650. The van der Waals surface area contributed by atoms with E-state index >= 15 is 0 Å². The standard InChI is InChI=1S/C60H37N3OS/c1-3-16-39-34-53-46(31-37(39)14-1)44-20-7-9-25-51(44)63(53)52-28-29-54-58(48-32-38-15-2-4-17-40(38)35-55(48)64-54)59(52)60-61-49(41-27-30-57-47(33-41)45-21-8-10-26-56(45)65-57)23-12-24-50(62-60)43-22-11-18-36-13-5-6-19-42(36)43/h1-11,13-23,25-35H,12,24H2. The highest BCUT2D eigenvalue weighted by Gasteiger charge is 2.26. The molecule has 5 heteroatoms. The Morgan fingerprint density at radius 1 is 0.462 bits per heavy atom. The molecule has 4 nitrogen and oxygen atoms in total. The van der Waals surface area contributed by atoms with Crippen molar-refractivity contribution in [3.63, 3.8) is 0 Å². The number of hydrogen-bond acceptors (Lipinski definition) is 4. The third-order valence-electron chi connectivity index (χ3n) is 13.4. The van der Waals surface area contributed by atoms with Gasteiger partial charge in [0.1, 0.15) is 11.2 Å². The fourth-order valence-corrected chi connectivity index (χ4v) is 11.5. The van der Waals surface area contributed by atoms with Crippen LogP contribution in [0.5, 0.6) is 0 Å². The van der Waals surface area contributed by atoms with Crippen LogP contribution in [0.15, 0.2) is 215 Å². The molecule has 1 aliphatic heterocycles. The van der Waals surface area contributed by atoms with E-state index in [0.717, 1.165) is 90.4 Å². The summed E-state index contributed by atoms with van der Waals surface area (Å²) >= 11 is 1.84. The number of fused-ring (bicyclic) bond motifs is 12. The highest BCUT2D eigenvalue weighted by molar-refractivity contribution is 7.25. The van der Waals surface area contributed by atoms with E-state index in [0.29, 0.717) is 5.84 Å². The summed E-state index contributed by atoms with van der Waals surface area (Å²) in [6, 6.07) is 70.2. The minimum absolute atomic E-state index is 0.650. The summed E-state index contributed by atoms with van der Waals surface area (Å²) in [5.41, 5.74) is 9.90. The van der Waals surface area contributed by atoms with E-state index in [1.807, 2.05) is 11.3 Å². The third kappa shape index (κ3) is 5.69. The van der Waals surface area contributed by atoms with Crippen LogP contribution in [0.1, 0.15) is 29.5 Å². The zero-order chi connectivity index (χ0) is 42.6. The molecular formula is C60H37N3OS. The molecule has 0 atom stereocenters. The van der Waals surface area contributed by atoms with Crippen molar-refractivity contribution in [2.24, 2.45) is 9.98 Å². The lowest BCUT2D eigenvalue weighted by Gasteiger charge is -2.19. The van der Waals surface area contributed by atoms with Gasteiger partial charge in [0.2, 0.25) is 0 Å². The van der Waals surface area contributed by atoms with Gasteiger partial charge in [0.15, 0.2) is 5.84 Å². The minimum atomic E-state index is 0.650. The first-order valence-electron chi connectivity index (χ1n) is 22.3. The lowest BCUT2D eigenvalue weighted by atomic mass is 9.96. The lowest BCUT2D eigenvalue weighted by molar-refractivity contribution is 0.669. The SMILES string of the molecule is C1=C(c2ccc3sc4ccccc4c3c2)N=C(c2c(-n3c4ccccc4c4cc5ccccc5cc43)ccc3oc4cc5ccccc5cc4c23)N=C(c2cccc3ccccc23)CC1. The number of allylic oxidation sites excluding steroid dienone is 1. The molecule has 0 aliphatic carbocycles. The number of furan rings is 1. The van der Waals surface area contributed by atoms with Crippen LogP contribution in [-0.4, -0.2) is 16.1 Å². The molecule has 0 spiro atoms. The molecule has 10 aromatic carbocycles. The van der Waals surface area contributed by atoms with Gasteiger partial charge in [-0.3, -0.25) is 0 Å². The van der Waals surface area contributed by atoms with Crippen molar-refractivity contribution in [1.82, 2.24) is 4.57 Å². The van der Waals surface area contributed by atoms with E-state index in [1.54, 1.807) is 0 Å². The van der Waals surface area contributed by atoms with Gasteiger partial charge in [-0.25, -0.2) is 9.98 Å². The molecule has 0 radical (unpaired) electrons. The van der Waals surface area contributed by atoms with Gasteiger partial charge in [0.05, 0.1) is 33.7 Å². The monoisotopic (exact) mass is 847 g/mol. The maximum Gasteiger partial charge on any atom is 0.162 e. The van der Waals surface area contributed by atoms with Gasteiger partial charge < -0.3 is 8.98 Å². The first-order valence-corrected chi connectivity index (χ1v) is 23.1. The van der Waals surface area contributed by atoms with Crippen LogP contribution in [0.2, 0.25) is 0 Å². The molecule has 3 aromatic heterocycles. The molecule has 0 bridgehead atoms. The second kappa shape index (κ2) is 14.2. The summed E-state index contributed by atoms with van der Waals surface area (Å²) in [4.78, 5) is 11.7. The van der Waals surface area contributed by atoms with Crippen LogP contribution < -0.4 is 0 Å². The quantitative estimate of drug-likeness (QED) is 0.174. The van der Waals surface area contributed by atoms with Crippen LogP contribution in [0.3, 0.4) is 0 Å². The predicted octanol–water partition coefficient (Wildman–Crippen LogP) is 16.6. The summed E-state index contributed by atoms with van der Waals surface area (Å²) in [5, 5.41) is 14.0. The van der Waals surface area contributed by atoms with Gasteiger partial charge in [0, 0.05) is 52.8 Å². The van der Waals surface area contributed by atoms with Gasteiger partial charge in [-0.15, -0.1) is 11.3 Å². The zero-order valence-corrected chi connectivity index (χ0v) is 35.9. The van der Waals surface area contributed by atoms with E-state index in [1.165, 1.54) is 52.5 Å². The number of thiophene rings is 1. The summed E-state index contributed by atoms with van der Waals surface area (Å²) < 4.78 is 11.9. The number of para-hydroxylation sites is 1. The molecule has 1 aliphatic rings. The first-order chi connectivity index (χ1) is 32.2. The number of nitrogens with zero attached hydrogens (tertiary/aromatic N) is 3. The van der Waals surface area contributed by atoms with E-state index in [2.05, 4.69) is 205 Å². The maximum absolute atomic E-state index is 6.89. The Balaban J connectivity index is 1.13. The summed E-state index contributed by atoms with van der Waals surface area (Å²) in [6.07, 6.45) is 3.85. The maximum atomic E-state index is 6.89. The van der Waals surface area contributed by atoms with Gasteiger partial charge in [0.25, 0.3) is 0 Å². The van der Waals surface area contributed by atoms with Crippen molar-refractivity contribution in [2.45, 2.75) is 12.8 Å². The summed E-state index contributed by atoms with van der Waals surface area (Å²) in [6.45, 7) is 0. The van der Waals surface area contributed by atoms with Gasteiger partial charge in [-0.1, -0.05) is 140 Å². The van der Waals surface area contributed by atoms with Crippen LogP contribution in [0.4, 0.5) is 0 Å². The molecule has 0 fully saturated rings. The van der Waals surface area contributed by atoms with Gasteiger partial charge in [-0.2, -0.15) is 0 Å². The van der Waals surface area contributed by atoms with E-state index in [4.69, 9.17) is 14.4 Å². The molecule has 304 valence electrons. The van der Waals surface area contributed by atoms with E-state index in [9.17, 15) is 0 Å². The van der Waals surface area contributed by atoms with Gasteiger partial charge >= 0.3 is 0 Å². The number of hydrogen-bond donors (Lipinski definition) is 0. The molecular weight excluding hydrogens is 811 g/mol. The zero-order valence-electron chi connectivity index (χ0n) is 35.1. The average molecular weight is 848 g/mol. The average Bonchev–Trinajstić information content (AvgIpc) is 4.01. The van der Waals surface area contributed by atoms with Gasteiger partial charge in [-0.05, 0) is 106 Å². The van der Waals surface area contributed by atoms with Crippen LogP contribution in [0.25, 0.3) is 108 Å². The number of amidine groups is 1. The van der Waals surface area contributed by atoms with E-state index in [-0.39, 0.29) is 0 Å². The highest BCUT2D eigenvalue weighted by atomic mass is 32.1. The Kier molecular flexibility index (Phi) is 7.94. The molecule has 65 heavy (non-hydrogen) atoms. The van der Waals surface area contributed by atoms with Crippen molar-refractivity contribution in [1.29, 1.82) is 0 Å². The number of benzene rings is 10. The largest absolute Gasteiger partial charge is 0.456 e. The van der Waals surface area contributed by atoms with Crippen LogP contribution >= 0.6 is 11.3 Å². The number of aliphatic imine (C=N–C) groups is 2. The van der Waals surface area contributed by atoms with Crippen molar-refractivity contribution in [2.75, 3.05) is 0 Å². The van der Waals surface area contributed by atoms with Crippen molar-refractivity contribution in [3.05, 3.63) is 217 Å². The molecule has 0 amide bonds. The number of rotatable bonds is 4. The summed E-state index contributed by atoms with van der Waals surface area (Å²) in [7, 11) is 0. The van der Waals surface area contributed by atoms with Crippen LogP contribution in [-0.2, 0) is 0 Å². The Morgan fingerprint density at radius 2 is 1.14 bits per heavy atom. The van der Waals surface area contributed by atoms with Crippen LogP contribution in [0, 0.1) is 0 Å². The van der Waals surface area contributed by atoms with Crippen molar-refractivity contribution < 1.29 is 4.42 Å². The number of aromatic nitrogens is 1. The Morgan fingerprint density at radius 3 is 1.98 bits per heavy atom. The van der Waals surface area contributed by atoms with Crippen molar-refractivity contribution in [3.8, 4) is 5.69 Å². The molecule has 4 heterocycles. The molecule has 0 saturated heterocycles. The van der Waals surface area contributed by atoms with E-state index < -0.39 is 0 Å². The Hall–Kier alpha value is -8.12. The molecule has 0 unspecified atom stereocenters. The smallest absolute Gasteiger partial charge is 0.162 e. The minimum Gasteiger partial charge on any atom is -0.456 e. The second-order valence-corrected chi connectivity index (χ2v) is 18.2. The molecule has 13 aromatic rings. The normalized spacial score (nSPS) is 13.7. The third-order valence-corrected chi connectivity index (χ3v) is 14.6. The second-order valence-electron chi connectivity index (χ2n) is 17.2. The Bertz CT molecular complexity index is 4250. The van der Waals surface area contributed by atoms with Crippen molar-refractivity contribution >= 4 is 125 Å². The lowest BCUT2D eigenvalue weighted by Crippen LogP contribution is -2.13.